The average molecular weight is 660 g/mol. The van der Waals surface area contributed by atoms with Crippen molar-refractivity contribution in [2.45, 2.75) is 51.7 Å². The summed E-state index contributed by atoms with van der Waals surface area (Å²) < 4.78 is 6.75. The van der Waals surface area contributed by atoms with Gasteiger partial charge in [-0.3, -0.25) is 24.6 Å². The molecule has 3 aromatic heterocycles. The molecule has 3 N–H and O–H groups in total. The zero-order valence-electron chi connectivity index (χ0n) is 25.7. The monoisotopic (exact) mass is 658 g/mol. The number of benzene rings is 2. The molecule has 6 rings (SSSR count). The Morgan fingerprint density at radius 3 is 2.46 bits per heavy atom. The number of aromatic nitrogens is 5. The van der Waals surface area contributed by atoms with Crippen molar-refractivity contribution >= 4 is 63.3 Å². The fourth-order valence-corrected chi connectivity index (χ4v) is 6.20. The van der Waals surface area contributed by atoms with Crippen LogP contribution in [0.5, 0.6) is 0 Å². The number of esters is 1. The van der Waals surface area contributed by atoms with Gasteiger partial charge in [-0.05, 0) is 63.9 Å². The number of carbonyl (C=O) groups is 2. The smallest absolute Gasteiger partial charge is 0.325 e. The van der Waals surface area contributed by atoms with Gasteiger partial charge in [-0.1, -0.05) is 47.5 Å². The van der Waals surface area contributed by atoms with Crippen LogP contribution in [0.2, 0.25) is 10.0 Å². The number of nitrogens with zero attached hydrogens (tertiary/aromatic N) is 5. The van der Waals surface area contributed by atoms with Gasteiger partial charge in [0.2, 0.25) is 0 Å². The topological polar surface area (TPSA) is 136 Å². The number of hydrogen-bond donors (Lipinski definition) is 3. The number of halogens is 2. The van der Waals surface area contributed by atoms with Crippen LogP contribution in [0.4, 0.5) is 17.2 Å². The van der Waals surface area contributed by atoms with Gasteiger partial charge in [0.15, 0.2) is 11.5 Å². The third-order valence-corrected chi connectivity index (χ3v) is 8.66. The lowest BCUT2D eigenvalue weighted by molar-refractivity contribution is -0.147. The molecule has 2 aromatic carbocycles. The molecule has 0 aliphatic carbocycles. The van der Waals surface area contributed by atoms with E-state index >= 15 is 0 Å². The Bertz CT molecular complexity index is 1980. The number of pyridine rings is 1. The third-order valence-electron chi connectivity index (χ3n) is 7.85. The van der Waals surface area contributed by atoms with E-state index in [1.54, 1.807) is 42.9 Å². The molecule has 4 heterocycles. The second kappa shape index (κ2) is 12.7. The molecule has 1 aliphatic rings. The van der Waals surface area contributed by atoms with Crippen LogP contribution in [0.1, 0.15) is 54.7 Å². The molecule has 1 atom stereocenters. The molecule has 236 valence electrons. The van der Waals surface area contributed by atoms with E-state index in [1.807, 2.05) is 43.3 Å². The summed E-state index contributed by atoms with van der Waals surface area (Å²) in [5.41, 5.74) is 3.80. The number of carbonyl (C=O) groups excluding carboxylic acids is 2. The lowest BCUT2D eigenvalue weighted by Gasteiger charge is -2.32. The zero-order chi connectivity index (χ0) is 32.6. The van der Waals surface area contributed by atoms with Gasteiger partial charge in [-0.2, -0.15) is 5.10 Å². The molecule has 1 amide bonds. The summed E-state index contributed by atoms with van der Waals surface area (Å²) in [5.74, 6) is 0.347. The standard InChI is InChI=1S/C33H32Cl2N8O3/c1-18-37-24-13-7-15-36-29(24)30(38-18)39-22-11-5-9-19(27(22)34)20-10-6-12-23(28(20)35)40-31(44)25-17-26-21(14-8-16-43(26)42-25)41-33(2,3)32(45)46-4/h5-7,9-13,15,17,21,41H,8,14,16H2,1-4H3,(H,40,44)(H,37,38,39)/t21-/m1/s1. The molecule has 0 saturated heterocycles. The van der Waals surface area contributed by atoms with E-state index in [9.17, 15) is 9.59 Å². The van der Waals surface area contributed by atoms with Gasteiger partial charge < -0.3 is 15.4 Å². The van der Waals surface area contributed by atoms with E-state index in [-0.39, 0.29) is 17.7 Å². The number of hydrogen-bond acceptors (Lipinski definition) is 9. The van der Waals surface area contributed by atoms with Crippen molar-refractivity contribution in [2.24, 2.45) is 0 Å². The normalized spacial score (nSPS) is 14.5. The Balaban J connectivity index is 1.25. The molecule has 11 nitrogen and oxygen atoms in total. The van der Waals surface area contributed by atoms with E-state index in [0.717, 1.165) is 18.5 Å². The summed E-state index contributed by atoms with van der Waals surface area (Å²) in [5, 5.41) is 14.9. The lowest BCUT2D eigenvalue weighted by atomic mass is 9.98. The number of amides is 1. The predicted molar refractivity (Wildman–Crippen MR) is 179 cm³/mol. The maximum Gasteiger partial charge on any atom is 0.325 e. The highest BCUT2D eigenvalue weighted by molar-refractivity contribution is 6.39. The third kappa shape index (κ3) is 6.13. The summed E-state index contributed by atoms with van der Waals surface area (Å²) in [6.07, 6.45) is 3.32. The average Bonchev–Trinajstić information content (AvgIpc) is 3.48. The molecule has 0 unspecified atom stereocenters. The summed E-state index contributed by atoms with van der Waals surface area (Å²) in [7, 11) is 1.36. The summed E-state index contributed by atoms with van der Waals surface area (Å²) in [6, 6.07) is 16.2. The first-order valence-electron chi connectivity index (χ1n) is 14.7. The second-order valence-electron chi connectivity index (χ2n) is 11.5. The van der Waals surface area contributed by atoms with Crippen LogP contribution in [-0.2, 0) is 16.1 Å². The van der Waals surface area contributed by atoms with Gasteiger partial charge in [-0.25, -0.2) is 9.97 Å². The summed E-state index contributed by atoms with van der Waals surface area (Å²) in [4.78, 5) is 39.2. The van der Waals surface area contributed by atoms with Crippen molar-refractivity contribution in [1.29, 1.82) is 0 Å². The van der Waals surface area contributed by atoms with Crippen molar-refractivity contribution in [3.63, 3.8) is 0 Å². The molecule has 0 spiro atoms. The molecule has 0 bridgehead atoms. The maximum atomic E-state index is 13.4. The molecule has 5 aromatic rings. The minimum Gasteiger partial charge on any atom is -0.468 e. The lowest BCUT2D eigenvalue weighted by Crippen LogP contribution is -2.50. The summed E-state index contributed by atoms with van der Waals surface area (Å²) in [6.45, 7) is 6.02. The van der Waals surface area contributed by atoms with Crippen LogP contribution in [0.3, 0.4) is 0 Å². The molecule has 0 saturated carbocycles. The number of rotatable bonds is 8. The van der Waals surface area contributed by atoms with Crippen molar-refractivity contribution in [3.8, 4) is 11.1 Å². The van der Waals surface area contributed by atoms with Gasteiger partial charge in [0.05, 0.1) is 45.8 Å². The minimum atomic E-state index is -0.908. The molecule has 1 aliphatic heterocycles. The van der Waals surface area contributed by atoms with Crippen molar-refractivity contribution in [3.05, 3.63) is 88.1 Å². The molecule has 0 fully saturated rings. The number of fused-ring (bicyclic) bond motifs is 2. The van der Waals surface area contributed by atoms with Gasteiger partial charge in [0.1, 0.15) is 16.9 Å². The Morgan fingerprint density at radius 1 is 1.00 bits per heavy atom. The van der Waals surface area contributed by atoms with Crippen LogP contribution in [-0.4, -0.2) is 49.3 Å². The fraction of sp³-hybridized carbons (Fsp3) is 0.273. The fourth-order valence-electron chi connectivity index (χ4n) is 5.65. The Labute approximate surface area is 275 Å². The number of ether oxygens (including phenoxy) is 1. The van der Waals surface area contributed by atoms with Crippen LogP contribution >= 0.6 is 23.2 Å². The summed E-state index contributed by atoms with van der Waals surface area (Å²) >= 11 is 13.8. The van der Waals surface area contributed by atoms with Gasteiger partial charge in [0.25, 0.3) is 5.91 Å². The van der Waals surface area contributed by atoms with Gasteiger partial charge in [0, 0.05) is 23.9 Å². The highest BCUT2D eigenvalue weighted by atomic mass is 35.5. The highest BCUT2D eigenvalue weighted by Crippen LogP contribution is 2.41. The quantitative estimate of drug-likeness (QED) is 0.152. The molecule has 0 radical (unpaired) electrons. The van der Waals surface area contributed by atoms with E-state index in [1.165, 1.54) is 7.11 Å². The van der Waals surface area contributed by atoms with Crippen molar-refractivity contribution in [1.82, 2.24) is 30.0 Å². The van der Waals surface area contributed by atoms with Gasteiger partial charge in [-0.15, -0.1) is 0 Å². The van der Waals surface area contributed by atoms with E-state index < -0.39 is 11.4 Å². The highest BCUT2D eigenvalue weighted by Gasteiger charge is 2.34. The first-order chi connectivity index (χ1) is 22.1. The van der Waals surface area contributed by atoms with Crippen molar-refractivity contribution in [2.75, 3.05) is 17.7 Å². The number of anilines is 3. The van der Waals surface area contributed by atoms with Crippen LogP contribution < -0.4 is 16.0 Å². The molecule has 13 heteroatoms. The van der Waals surface area contributed by atoms with Crippen LogP contribution in [0.15, 0.2) is 60.8 Å². The Kier molecular flexibility index (Phi) is 8.65. The number of methoxy groups -OCH3 is 1. The SMILES string of the molecule is COC(=O)C(C)(C)N[C@@H]1CCCn2nc(C(=O)Nc3cccc(-c4cccc(Nc5nc(C)nc6cccnc56)c4Cl)c3Cl)cc21. The molecular formula is C33H32Cl2N8O3. The van der Waals surface area contributed by atoms with E-state index in [4.69, 9.17) is 27.9 Å². The van der Waals surface area contributed by atoms with E-state index in [2.05, 4.69) is 36.0 Å². The molecular weight excluding hydrogens is 627 g/mol. The zero-order valence-corrected chi connectivity index (χ0v) is 27.2. The number of nitrogens with one attached hydrogen (secondary N) is 3. The van der Waals surface area contributed by atoms with Crippen LogP contribution in [0, 0.1) is 6.92 Å². The van der Waals surface area contributed by atoms with Crippen LogP contribution in [0.25, 0.3) is 22.2 Å². The maximum absolute atomic E-state index is 13.4. The first-order valence-corrected chi connectivity index (χ1v) is 15.5. The minimum absolute atomic E-state index is 0.174. The van der Waals surface area contributed by atoms with Crippen molar-refractivity contribution < 1.29 is 14.3 Å². The number of aryl methyl sites for hydroxylation is 2. The Hall–Kier alpha value is -4.58. The first kappa shape index (κ1) is 31.4. The van der Waals surface area contributed by atoms with Gasteiger partial charge >= 0.3 is 5.97 Å². The largest absolute Gasteiger partial charge is 0.468 e. The predicted octanol–water partition coefficient (Wildman–Crippen LogP) is 6.88. The van der Waals surface area contributed by atoms with E-state index in [0.29, 0.717) is 61.8 Å². The second-order valence-corrected chi connectivity index (χ2v) is 12.3. The Morgan fingerprint density at radius 2 is 1.72 bits per heavy atom. The molecule has 46 heavy (non-hydrogen) atoms.